The summed E-state index contributed by atoms with van der Waals surface area (Å²) >= 11 is 12.5. The molecule has 0 aliphatic rings. The minimum absolute atomic E-state index is 0.327. The number of hydrogen-bond donors (Lipinski definition) is 2. The van der Waals surface area contributed by atoms with Crippen LogP contribution in [-0.2, 0) is 0 Å². The van der Waals surface area contributed by atoms with E-state index in [-0.39, 0.29) is 0 Å². The molecule has 0 aliphatic carbocycles. The Balaban J connectivity index is 1.55. The van der Waals surface area contributed by atoms with Crippen LogP contribution >= 0.6 is 23.2 Å². The van der Waals surface area contributed by atoms with E-state index < -0.39 is 6.09 Å². The number of carbonyl (C=O) groups is 1. The summed E-state index contributed by atoms with van der Waals surface area (Å²) in [5, 5.41) is 12.7. The van der Waals surface area contributed by atoms with E-state index in [4.69, 9.17) is 33.2 Å². The zero-order valence-electron chi connectivity index (χ0n) is 15.7. The Bertz CT molecular complexity index is 1300. The van der Waals surface area contributed by atoms with Crippen molar-refractivity contribution in [1.29, 1.82) is 5.26 Å². The number of nitrogens with one attached hydrogen (secondary N) is 2. The van der Waals surface area contributed by atoms with Gasteiger partial charge in [0.25, 0.3) is 0 Å². The number of carbonyl (C=O) groups excluding carboxylic acids is 1. The molecule has 8 heteroatoms. The lowest BCUT2D eigenvalue weighted by Gasteiger charge is -2.07. The standard InChI is InChI=1S/C22H14Cl2N4O2/c1-12-5-6-14(9-13(12)11-25)26-22(29)30-15-7-8-18-19(10-15)28-21(27-18)20-16(23)3-2-4-17(20)24/h2-10H,1H3,(H,26,29)(H,27,28). The van der Waals surface area contributed by atoms with Gasteiger partial charge in [-0.25, -0.2) is 9.78 Å². The van der Waals surface area contributed by atoms with Crippen molar-refractivity contribution in [2.45, 2.75) is 6.92 Å². The van der Waals surface area contributed by atoms with E-state index in [9.17, 15) is 4.79 Å². The minimum Gasteiger partial charge on any atom is -0.410 e. The molecule has 0 fully saturated rings. The van der Waals surface area contributed by atoms with Crippen LogP contribution in [0.25, 0.3) is 22.4 Å². The summed E-state index contributed by atoms with van der Waals surface area (Å²) in [6.07, 6.45) is -0.670. The molecule has 4 aromatic rings. The lowest BCUT2D eigenvalue weighted by atomic mass is 10.1. The van der Waals surface area contributed by atoms with Crippen LogP contribution in [0, 0.1) is 18.3 Å². The van der Waals surface area contributed by atoms with Crippen molar-refractivity contribution in [3.63, 3.8) is 0 Å². The van der Waals surface area contributed by atoms with Gasteiger partial charge in [0.15, 0.2) is 0 Å². The highest BCUT2D eigenvalue weighted by molar-refractivity contribution is 6.39. The lowest BCUT2D eigenvalue weighted by Crippen LogP contribution is -2.16. The molecule has 4 rings (SSSR count). The van der Waals surface area contributed by atoms with Gasteiger partial charge in [-0.3, -0.25) is 5.32 Å². The van der Waals surface area contributed by atoms with Crippen molar-refractivity contribution >= 4 is 46.0 Å². The van der Waals surface area contributed by atoms with Gasteiger partial charge in [0, 0.05) is 11.8 Å². The summed E-state index contributed by atoms with van der Waals surface area (Å²) in [6.45, 7) is 1.82. The predicted octanol–water partition coefficient (Wildman–Crippen LogP) is 6.33. The number of imidazole rings is 1. The van der Waals surface area contributed by atoms with Crippen molar-refractivity contribution in [3.05, 3.63) is 75.8 Å². The number of aryl methyl sites for hydroxylation is 1. The Morgan fingerprint density at radius 1 is 1.13 bits per heavy atom. The van der Waals surface area contributed by atoms with Gasteiger partial charge in [0.1, 0.15) is 11.6 Å². The SMILES string of the molecule is Cc1ccc(NC(=O)Oc2ccc3nc(-c4c(Cl)cccc4Cl)[nH]c3c2)cc1C#N. The zero-order chi connectivity index (χ0) is 21.3. The molecule has 0 unspecified atom stereocenters. The Hall–Kier alpha value is -3.53. The fraction of sp³-hybridized carbons (Fsp3) is 0.0455. The van der Waals surface area contributed by atoms with Gasteiger partial charge in [0.2, 0.25) is 0 Å². The van der Waals surface area contributed by atoms with Crippen molar-refractivity contribution in [2.24, 2.45) is 0 Å². The number of halogens is 2. The number of hydrogen-bond acceptors (Lipinski definition) is 4. The molecule has 1 aromatic heterocycles. The van der Waals surface area contributed by atoms with Crippen LogP contribution in [-0.4, -0.2) is 16.1 Å². The summed E-state index contributed by atoms with van der Waals surface area (Å²) in [6, 6.07) is 17.4. The van der Waals surface area contributed by atoms with Crippen molar-refractivity contribution in [2.75, 3.05) is 5.32 Å². The van der Waals surface area contributed by atoms with Gasteiger partial charge in [0.05, 0.1) is 38.3 Å². The fourth-order valence-corrected chi connectivity index (χ4v) is 3.54. The Kier molecular flexibility index (Phi) is 5.32. The smallest absolute Gasteiger partial charge is 0.410 e. The fourth-order valence-electron chi connectivity index (χ4n) is 2.97. The molecule has 6 nitrogen and oxygen atoms in total. The van der Waals surface area contributed by atoms with E-state index in [2.05, 4.69) is 21.4 Å². The maximum Gasteiger partial charge on any atom is 0.417 e. The number of aromatic nitrogens is 2. The number of aromatic amines is 1. The third-order valence-electron chi connectivity index (χ3n) is 4.47. The number of nitriles is 1. The minimum atomic E-state index is -0.670. The molecule has 0 aliphatic heterocycles. The molecule has 0 saturated heterocycles. The topological polar surface area (TPSA) is 90.8 Å². The van der Waals surface area contributed by atoms with Crippen molar-refractivity contribution in [1.82, 2.24) is 9.97 Å². The molecule has 0 radical (unpaired) electrons. The van der Waals surface area contributed by atoms with Crippen LogP contribution < -0.4 is 10.1 Å². The second-order valence-corrected chi connectivity index (χ2v) is 7.33. The van der Waals surface area contributed by atoms with Crippen LogP contribution in [0.15, 0.2) is 54.6 Å². The number of anilines is 1. The molecule has 148 valence electrons. The largest absolute Gasteiger partial charge is 0.417 e. The van der Waals surface area contributed by atoms with Crippen molar-refractivity contribution in [3.8, 4) is 23.2 Å². The first kappa shape index (κ1) is 19.8. The molecule has 2 N–H and O–H groups in total. The summed E-state index contributed by atoms with van der Waals surface area (Å²) in [4.78, 5) is 19.9. The highest BCUT2D eigenvalue weighted by atomic mass is 35.5. The predicted molar refractivity (Wildman–Crippen MR) is 117 cm³/mol. The van der Waals surface area contributed by atoms with Crippen LogP contribution in [0.4, 0.5) is 10.5 Å². The van der Waals surface area contributed by atoms with E-state index in [1.54, 1.807) is 54.6 Å². The molecular weight excluding hydrogens is 423 g/mol. The zero-order valence-corrected chi connectivity index (χ0v) is 17.2. The van der Waals surface area contributed by atoms with Gasteiger partial charge >= 0.3 is 6.09 Å². The molecular formula is C22H14Cl2N4O2. The maximum atomic E-state index is 12.2. The first-order valence-electron chi connectivity index (χ1n) is 8.88. The Morgan fingerprint density at radius 3 is 2.63 bits per heavy atom. The third kappa shape index (κ3) is 3.94. The molecule has 0 atom stereocenters. The monoisotopic (exact) mass is 436 g/mol. The van der Waals surface area contributed by atoms with E-state index in [1.807, 2.05) is 6.92 Å². The van der Waals surface area contributed by atoms with Gasteiger partial charge < -0.3 is 9.72 Å². The van der Waals surface area contributed by atoms with Crippen LogP contribution in [0.3, 0.4) is 0 Å². The average molecular weight is 437 g/mol. The highest BCUT2D eigenvalue weighted by Crippen LogP contribution is 2.34. The molecule has 1 heterocycles. The van der Waals surface area contributed by atoms with Gasteiger partial charge in [-0.2, -0.15) is 5.26 Å². The van der Waals surface area contributed by atoms with Gasteiger partial charge in [-0.1, -0.05) is 35.3 Å². The number of benzene rings is 3. The molecule has 30 heavy (non-hydrogen) atoms. The highest BCUT2D eigenvalue weighted by Gasteiger charge is 2.14. The van der Waals surface area contributed by atoms with E-state index in [0.29, 0.717) is 49.5 Å². The second kappa shape index (κ2) is 8.07. The lowest BCUT2D eigenvalue weighted by molar-refractivity contribution is 0.215. The number of rotatable bonds is 3. The molecule has 0 bridgehead atoms. The molecule has 1 amide bonds. The normalized spacial score (nSPS) is 10.6. The Morgan fingerprint density at radius 2 is 1.90 bits per heavy atom. The van der Waals surface area contributed by atoms with Crippen molar-refractivity contribution < 1.29 is 9.53 Å². The van der Waals surface area contributed by atoms with E-state index in [1.165, 1.54) is 0 Å². The molecule has 3 aromatic carbocycles. The molecule has 0 saturated carbocycles. The second-order valence-electron chi connectivity index (χ2n) is 6.52. The number of fused-ring (bicyclic) bond motifs is 1. The van der Waals surface area contributed by atoms with Gasteiger partial charge in [-0.05, 0) is 48.9 Å². The maximum absolute atomic E-state index is 12.2. The van der Waals surface area contributed by atoms with Crippen LogP contribution in [0.1, 0.15) is 11.1 Å². The first-order chi connectivity index (χ1) is 14.4. The number of amides is 1. The van der Waals surface area contributed by atoms with Crippen LogP contribution in [0.5, 0.6) is 5.75 Å². The molecule has 0 spiro atoms. The summed E-state index contributed by atoms with van der Waals surface area (Å²) in [5.74, 6) is 0.846. The van der Waals surface area contributed by atoms with Crippen LogP contribution in [0.2, 0.25) is 10.0 Å². The summed E-state index contributed by atoms with van der Waals surface area (Å²) in [5.41, 5.74) is 3.72. The number of ether oxygens (including phenoxy) is 1. The van der Waals surface area contributed by atoms with E-state index >= 15 is 0 Å². The Labute approximate surface area is 182 Å². The number of nitrogens with zero attached hydrogens (tertiary/aromatic N) is 2. The quantitative estimate of drug-likeness (QED) is 0.392. The summed E-state index contributed by atoms with van der Waals surface area (Å²) < 4.78 is 5.36. The van der Waals surface area contributed by atoms with E-state index in [0.717, 1.165) is 5.56 Å². The third-order valence-corrected chi connectivity index (χ3v) is 5.10. The first-order valence-corrected chi connectivity index (χ1v) is 9.64. The summed E-state index contributed by atoms with van der Waals surface area (Å²) in [7, 11) is 0. The average Bonchev–Trinajstić information content (AvgIpc) is 3.12. The number of H-pyrrole nitrogens is 1. The van der Waals surface area contributed by atoms with Gasteiger partial charge in [-0.15, -0.1) is 0 Å².